The van der Waals surface area contributed by atoms with E-state index in [4.69, 9.17) is 5.73 Å². The molecule has 0 bridgehead atoms. The Morgan fingerprint density at radius 3 is 2.35 bits per heavy atom. The van der Waals surface area contributed by atoms with Crippen molar-refractivity contribution in [1.29, 1.82) is 0 Å². The SMILES string of the molecule is CC(C)(C)CS(=O)(=O)c1ccc(NC(=O)[C@@H](N)Cc2ccccc2)nc1. The van der Waals surface area contributed by atoms with Crippen LogP contribution < -0.4 is 11.1 Å². The molecule has 0 aliphatic heterocycles. The van der Waals surface area contributed by atoms with Gasteiger partial charge in [-0.1, -0.05) is 51.1 Å². The number of hydrogen-bond acceptors (Lipinski definition) is 5. The summed E-state index contributed by atoms with van der Waals surface area (Å²) in [5, 5.41) is 2.62. The van der Waals surface area contributed by atoms with Gasteiger partial charge in [-0.3, -0.25) is 4.79 Å². The molecule has 0 saturated carbocycles. The Labute approximate surface area is 154 Å². The minimum atomic E-state index is -3.42. The second-order valence-corrected chi connectivity index (χ2v) is 9.47. The Morgan fingerprint density at radius 2 is 1.81 bits per heavy atom. The van der Waals surface area contributed by atoms with E-state index in [0.717, 1.165) is 5.56 Å². The average molecular weight is 375 g/mol. The normalized spacial score (nSPS) is 13.2. The van der Waals surface area contributed by atoms with E-state index in [0.29, 0.717) is 6.42 Å². The number of anilines is 1. The fraction of sp³-hybridized carbons (Fsp3) is 0.368. The molecule has 140 valence electrons. The third-order valence-electron chi connectivity index (χ3n) is 3.60. The number of rotatable bonds is 6. The van der Waals surface area contributed by atoms with E-state index in [-0.39, 0.29) is 27.8 Å². The molecule has 6 nitrogen and oxygen atoms in total. The van der Waals surface area contributed by atoms with Crippen molar-refractivity contribution >= 4 is 21.6 Å². The monoisotopic (exact) mass is 375 g/mol. The van der Waals surface area contributed by atoms with Crippen LogP contribution in [-0.4, -0.2) is 31.1 Å². The third kappa shape index (κ3) is 5.93. The van der Waals surface area contributed by atoms with Gasteiger partial charge in [0, 0.05) is 6.20 Å². The maximum Gasteiger partial charge on any atom is 0.242 e. The second kappa shape index (κ2) is 7.97. The highest BCUT2D eigenvalue weighted by Gasteiger charge is 2.24. The van der Waals surface area contributed by atoms with Gasteiger partial charge in [0.05, 0.1) is 16.7 Å². The summed E-state index contributed by atoms with van der Waals surface area (Å²) in [6.45, 7) is 5.59. The molecule has 1 aromatic carbocycles. The molecule has 0 aliphatic rings. The number of nitrogens with two attached hydrogens (primary N) is 1. The molecule has 1 atom stereocenters. The quantitative estimate of drug-likeness (QED) is 0.807. The van der Waals surface area contributed by atoms with Crippen LogP contribution in [0.5, 0.6) is 0 Å². The second-order valence-electron chi connectivity index (χ2n) is 7.48. The Morgan fingerprint density at radius 1 is 1.15 bits per heavy atom. The summed E-state index contributed by atoms with van der Waals surface area (Å²) in [6, 6.07) is 11.7. The van der Waals surface area contributed by atoms with Crippen molar-refractivity contribution in [1.82, 2.24) is 4.98 Å². The smallest absolute Gasteiger partial charge is 0.242 e. The van der Waals surface area contributed by atoms with E-state index in [1.54, 1.807) is 0 Å². The molecule has 1 heterocycles. The van der Waals surface area contributed by atoms with Crippen molar-refractivity contribution in [3.05, 3.63) is 54.2 Å². The minimum absolute atomic E-state index is 0.0232. The van der Waals surface area contributed by atoms with Crippen LogP contribution in [0.25, 0.3) is 0 Å². The van der Waals surface area contributed by atoms with Crippen LogP contribution >= 0.6 is 0 Å². The molecule has 0 radical (unpaired) electrons. The maximum absolute atomic E-state index is 12.3. The molecule has 1 amide bonds. The molecule has 26 heavy (non-hydrogen) atoms. The zero-order chi connectivity index (χ0) is 19.4. The van der Waals surface area contributed by atoms with Gasteiger partial charge in [-0.05, 0) is 29.5 Å². The van der Waals surface area contributed by atoms with Crippen LogP contribution in [0.15, 0.2) is 53.6 Å². The summed E-state index contributed by atoms with van der Waals surface area (Å²) >= 11 is 0. The van der Waals surface area contributed by atoms with Crippen molar-refractivity contribution < 1.29 is 13.2 Å². The van der Waals surface area contributed by atoms with Gasteiger partial charge in [0.15, 0.2) is 9.84 Å². The van der Waals surface area contributed by atoms with Crippen molar-refractivity contribution in [3.8, 4) is 0 Å². The first-order chi connectivity index (χ1) is 12.1. The first kappa shape index (κ1) is 20.1. The van der Waals surface area contributed by atoms with Crippen LogP contribution in [0.1, 0.15) is 26.3 Å². The van der Waals surface area contributed by atoms with Crippen LogP contribution in [0.4, 0.5) is 5.82 Å². The lowest BCUT2D eigenvalue weighted by molar-refractivity contribution is -0.117. The number of sulfone groups is 1. The van der Waals surface area contributed by atoms with Crippen molar-refractivity contribution in [2.75, 3.05) is 11.1 Å². The lowest BCUT2D eigenvalue weighted by Gasteiger charge is -2.18. The molecule has 0 spiro atoms. The predicted octanol–water partition coefficient (Wildman–Crippen LogP) is 2.41. The zero-order valence-corrected chi connectivity index (χ0v) is 16.1. The van der Waals surface area contributed by atoms with Gasteiger partial charge in [-0.2, -0.15) is 0 Å². The van der Waals surface area contributed by atoms with Gasteiger partial charge in [0.2, 0.25) is 5.91 Å². The number of benzene rings is 1. The van der Waals surface area contributed by atoms with Gasteiger partial charge in [0.25, 0.3) is 0 Å². The highest BCUT2D eigenvalue weighted by Crippen LogP contribution is 2.22. The van der Waals surface area contributed by atoms with Crippen molar-refractivity contribution in [2.45, 2.75) is 38.1 Å². The Balaban J connectivity index is 2.01. The lowest BCUT2D eigenvalue weighted by atomic mass is 10.0. The zero-order valence-electron chi connectivity index (χ0n) is 15.3. The number of carbonyl (C=O) groups is 1. The van der Waals surface area contributed by atoms with Crippen LogP contribution in [0.2, 0.25) is 0 Å². The summed E-state index contributed by atoms with van der Waals surface area (Å²) < 4.78 is 24.7. The van der Waals surface area contributed by atoms with E-state index < -0.39 is 15.9 Å². The van der Waals surface area contributed by atoms with Gasteiger partial charge in [-0.15, -0.1) is 0 Å². The van der Waals surface area contributed by atoms with Gasteiger partial charge < -0.3 is 11.1 Å². The molecule has 0 unspecified atom stereocenters. The number of nitrogens with zero attached hydrogens (tertiary/aromatic N) is 1. The first-order valence-electron chi connectivity index (χ1n) is 8.36. The summed E-state index contributed by atoms with van der Waals surface area (Å²) in [5.41, 5.74) is 6.54. The fourth-order valence-electron chi connectivity index (χ4n) is 2.47. The standard InChI is InChI=1S/C19H25N3O3S/c1-19(2,3)13-26(24,25)15-9-10-17(21-12-15)22-18(23)16(20)11-14-7-5-4-6-8-14/h4-10,12,16H,11,13,20H2,1-3H3,(H,21,22,23)/t16-/m0/s1. The van der Waals surface area contributed by atoms with E-state index >= 15 is 0 Å². The third-order valence-corrected chi connectivity index (χ3v) is 5.81. The number of carbonyl (C=O) groups excluding carboxylic acids is 1. The lowest BCUT2D eigenvalue weighted by Crippen LogP contribution is -2.37. The molecule has 0 aliphatic carbocycles. The van der Waals surface area contributed by atoms with Crippen LogP contribution in [-0.2, 0) is 21.1 Å². The number of nitrogens with one attached hydrogen (secondary N) is 1. The molecular weight excluding hydrogens is 350 g/mol. The summed E-state index contributed by atoms with van der Waals surface area (Å²) in [6.07, 6.45) is 1.67. The van der Waals surface area contributed by atoms with E-state index in [2.05, 4.69) is 10.3 Å². The molecule has 7 heteroatoms. The Hall–Kier alpha value is -2.25. The molecule has 0 saturated heterocycles. The first-order valence-corrected chi connectivity index (χ1v) is 10.0. The maximum atomic E-state index is 12.3. The minimum Gasteiger partial charge on any atom is -0.320 e. The Bertz CT molecular complexity index is 842. The summed E-state index contributed by atoms with van der Waals surface area (Å²) in [7, 11) is -3.42. The topological polar surface area (TPSA) is 102 Å². The predicted molar refractivity (Wildman–Crippen MR) is 102 cm³/mol. The molecule has 2 rings (SSSR count). The number of aromatic nitrogens is 1. The van der Waals surface area contributed by atoms with E-state index in [1.165, 1.54) is 18.3 Å². The highest BCUT2D eigenvalue weighted by molar-refractivity contribution is 7.91. The van der Waals surface area contributed by atoms with E-state index in [1.807, 2.05) is 51.1 Å². The largest absolute Gasteiger partial charge is 0.320 e. The number of amides is 1. The molecular formula is C19H25N3O3S. The van der Waals surface area contributed by atoms with Crippen molar-refractivity contribution in [2.24, 2.45) is 11.1 Å². The molecule has 3 N–H and O–H groups in total. The fourth-order valence-corrected chi connectivity index (χ4v) is 4.27. The van der Waals surface area contributed by atoms with Gasteiger partial charge >= 0.3 is 0 Å². The van der Waals surface area contributed by atoms with Crippen LogP contribution in [0, 0.1) is 5.41 Å². The molecule has 1 aromatic heterocycles. The van der Waals surface area contributed by atoms with Gasteiger partial charge in [0.1, 0.15) is 5.82 Å². The molecule has 0 fully saturated rings. The van der Waals surface area contributed by atoms with Crippen LogP contribution in [0.3, 0.4) is 0 Å². The van der Waals surface area contributed by atoms with Gasteiger partial charge in [-0.25, -0.2) is 13.4 Å². The van der Waals surface area contributed by atoms with E-state index in [9.17, 15) is 13.2 Å². The molecule has 2 aromatic rings. The van der Waals surface area contributed by atoms with Crippen molar-refractivity contribution in [3.63, 3.8) is 0 Å². The summed E-state index contributed by atoms with van der Waals surface area (Å²) in [4.78, 5) is 16.4. The average Bonchev–Trinajstić information content (AvgIpc) is 2.54. The Kier molecular flexibility index (Phi) is 6.15. The summed E-state index contributed by atoms with van der Waals surface area (Å²) in [5.74, 6) is -0.0742. The number of pyridine rings is 1. The highest BCUT2D eigenvalue weighted by atomic mass is 32.2. The number of hydrogen-bond donors (Lipinski definition) is 2.